The van der Waals surface area contributed by atoms with Gasteiger partial charge in [-0.2, -0.15) is 5.10 Å². The van der Waals surface area contributed by atoms with Crippen LogP contribution in [0, 0.1) is 6.92 Å². The molecule has 0 unspecified atom stereocenters. The van der Waals surface area contributed by atoms with Crippen molar-refractivity contribution in [1.82, 2.24) is 20.1 Å². The molecular weight excluding hydrogens is 406 g/mol. The minimum Gasteiger partial charge on any atom is -0.368 e. The number of aryl methyl sites for hydroxylation is 1. The number of H-pyrrole nitrogens is 1. The number of aromatic amines is 1. The van der Waals surface area contributed by atoms with E-state index in [1.807, 2.05) is 25.1 Å². The highest BCUT2D eigenvalue weighted by Crippen LogP contribution is 2.36. The molecular formula is C20H25N5O2S2. The second kappa shape index (κ2) is 7.89. The molecule has 1 aromatic carbocycles. The number of benzene rings is 1. The van der Waals surface area contributed by atoms with Crippen molar-refractivity contribution in [3.05, 3.63) is 46.9 Å². The van der Waals surface area contributed by atoms with Gasteiger partial charge in [-0.1, -0.05) is 6.07 Å². The molecule has 1 N–H and O–H groups in total. The summed E-state index contributed by atoms with van der Waals surface area (Å²) in [5.74, 6) is 0. The van der Waals surface area contributed by atoms with Crippen LogP contribution in [0.1, 0.15) is 16.4 Å². The molecule has 0 atom stereocenters. The van der Waals surface area contributed by atoms with Crippen LogP contribution in [0.5, 0.6) is 0 Å². The molecule has 9 heteroatoms. The molecule has 7 nitrogen and oxygen atoms in total. The Morgan fingerprint density at radius 2 is 1.93 bits per heavy atom. The van der Waals surface area contributed by atoms with Gasteiger partial charge in [0.15, 0.2) is 9.84 Å². The zero-order valence-corrected chi connectivity index (χ0v) is 18.5. The fourth-order valence-electron chi connectivity index (χ4n) is 3.61. The molecule has 0 saturated carbocycles. The van der Waals surface area contributed by atoms with Crippen LogP contribution in [-0.4, -0.2) is 68.0 Å². The lowest BCUT2D eigenvalue weighted by Crippen LogP contribution is -2.44. The summed E-state index contributed by atoms with van der Waals surface area (Å²) in [5.41, 5.74) is 3.79. The van der Waals surface area contributed by atoms with Crippen molar-refractivity contribution < 1.29 is 8.42 Å². The minimum atomic E-state index is -3.31. The SMILES string of the molecule is Cc1nc(Cc2ccn[nH]2)sc1-c1ccc(S(C)(=O)=O)c(N2CCN(C)CC2)c1. The van der Waals surface area contributed by atoms with Gasteiger partial charge in [0.2, 0.25) is 0 Å². The summed E-state index contributed by atoms with van der Waals surface area (Å²) < 4.78 is 24.8. The highest BCUT2D eigenvalue weighted by atomic mass is 32.2. The second-order valence-corrected chi connectivity index (χ2v) is 10.6. The highest BCUT2D eigenvalue weighted by Gasteiger charge is 2.23. The summed E-state index contributed by atoms with van der Waals surface area (Å²) in [6.45, 7) is 5.47. The first kappa shape index (κ1) is 20.1. The number of rotatable bonds is 5. The van der Waals surface area contributed by atoms with Crippen LogP contribution in [0.3, 0.4) is 0 Å². The van der Waals surface area contributed by atoms with Crippen molar-refractivity contribution in [1.29, 1.82) is 0 Å². The first-order valence-electron chi connectivity index (χ1n) is 9.54. The first-order valence-corrected chi connectivity index (χ1v) is 12.2. The Morgan fingerprint density at radius 1 is 1.17 bits per heavy atom. The summed E-state index contributed by atoms with van der Waals surface area (Å²) in [4.78, 5) is 10.6. The van der Waals surface area contributed by atoms with E-state index in [0.717, 1.165) is 58.7 Å². The molecule has 29 heavy (non-hydrogen) atoms. The van der Waals surface area contributed by atoms with E-state index in [-0.39, 0.29) is 0 Å². The monoisotopic (exact) mass is 431 g/mol. The molecule has 0 aliphatic carbocycles. The average Bonchev–Trinajstić information content (AvgIpc) is 3.31. The predicted octanol–water partition coefficient (Wildman–Crippen LogP) is 2.59. The van der Waals surface area contributed by atoms with Crippen molar-refractivity contribution in [2.24, 2.45) is 0 Å². The lowest BCUT2D eigenvalue weighted by molar-refractivity contribution is 0.312. The number of anilines is 1. The zero-order chi connectivity index (χ0) is 20.6. The highest BCUT2D eigenvalue weighted by molar-refractivity contribution is 7.90. The number of thiazole rings is 1. The van der Waals surface area contributed by atoms with Gasteiger partial charge in [0.05, 0.1) is 26.2 Å². The smallest absolute Gasteiger partial charge is 0.177 e. The Labute approximate surface area is 175 Å². The van der Waals surface area contributed by atoms with Gasteiger partial charge in [0.25, 0.3) is 0 Å². The van der Waals surface area contributed by atoms with Gasteiger partial charge in [-0.25, -0.2) is 13.4 Å². The van der Waals surface area contributed by atoms with Gasteiger partial charge >= 0.3 is 0 Å². The van der Waals surface area contributed by atoms with E-state index >= 15 is 0 Å². The van der Waals surface area contributed by atoms with Crippen molar-refractivity contribution in [3.8, 4) is 10.4 Å². The minimum absolute atomic E-state index is 0.394. The topological polar surface area (TPSA) is 82.2 Å². The van der Waals surface area contributed by atoms with Crippen LogP contribution in [0.2, 0.25) is 0 Å². The second-order valence-electron chi connectivity index (χ2n) is 7.53. The summed E-state index contributed by atoms with van der Waals surface area (Å²) >= 11 is 1.64. The number of hydrogen-bond donors (Lipinski definition) is 1. The molecule has 4 rings (SSSR count). The predicted molar refractivity (Wildman–Crippen MR) is 117 cm³/mol. The quantitative estimate of drug-likeness (QED) is 0.669. The third-order valence-electron chi connectivity index (χ3n) is 5.21. The van der Waals surface area contributed by atoms with Crippen LogP contribution in [-0.2, 0) is 16.3 Å². The Kier molecular flexibility index (Phi) is 5.46. The number of hydrogen-bond acceptors (Lipinski definition) is 7. The zero-order valence-electron chi connectivity index (χ0n) is 16.8. The number of nitrogens with zero attached hydrogens (tertiary/aromatic N) is 4. The van der Waals surface area contributed by atoms with Gasteiger partial charge in [-0.05, 0) is 37.7 Å². The molecule has 3 heterocycles. The maximum atomic E-state index is 12.4. The van der Waals surface area contributed by atoms with Gasteiger partial charge in [-0.15, -0.1) is 11.3 Å². The maximum Gasteiger partial charge on any atom is 0.177 e. The van der Waals surface area contributed by atoms with Gasteiger partial charge in [0.1, 0.15) is 0 Å². The molecule has 0 amide bonds. The Bertz CT molecular complexity index is 1100. The van der Waals surface area contributed by atoms with Crippen LogP contribution >= 0.6 is 11.3 Å². The Hall–Kier alpha value is -2.23. The fraction of sp³-hybridized carbons (Fsp3) is 0.400. The molecule has 1 aliphatic heterocycles. The molecule has 0 radical (unpaired) electrons. The number of aromatic nitrogens is 3. The largest absolute Gasteiger partial charge is 0.368 e. The fourth-order valence-corrected chi connectivity index (χ4v) is 5.58. The number of piperazine rings is 1. The summed E-state index contributed by atoms with van der Waals surface area (Å²) in [7, 11) is -1.22. The lowest BCUT2D eigenvalue weighted by atomic mass is 10.1. The average molecular weight is 432 g/mol. The van der Waals surface area contributed by atoms with E-state index in [0.29, 0.717) is 11.3 Å². The summed E-state index contributed by atoms with van der Waals surface area (Å²) in [5, 5.41) is 7.98. The standard InChI is InChI=1S/C20H25N5O2S2/c1-14-20(28-19(22-14)13-16-6-7-21-23-16)15-4-5-18(29(3,26)27)17(12-15)25-10-8-24(2)9-11-25/h4-7,12H,8-11,13H2,1-3H3,(H,21,23). The molecule has 154 valence electrons. The number of nitrogens with one attached hydrogen (secondary N) is 1. The van der Waals surface area contributed by atoms with E-state index in [1.165, 1.54) is 6.26 Å². The summed E-state index contributed by atoms with van der Waals surface area (Å²) in [6, 6.07) is 7.60. The van der Waals surface area contributed by atoms with Crippen molar-refractivity contribution in [3.63, 3.8) is 0 Å². The lowest BCUT2D eigenvalue weighted by Gasteiger charge is -2.35. The third kappa shape index (κ3) is 4.36. The van der Waals surface area contributed by atoms with Crippen LogP contribution in [0.4, 0.5) is 5.69 Å². The van der Waals surface area contributed by atoms with Gasteiger partial charge in [0, 0.05) is 50.7 Å². The van der Waals surface area contributed by atoms with Crippen LogP contribution < -0.4 is 4.90 Å². The van der Waals surface area contributed by atoms with Crippen LogP contribution in [0.25, 0.3) is 10.4 Å². The van der Waals surface area contributed by atoms with E-state index < -0.39 is 9.84 Å². The molecule has 2 aromatic heterocycles. The number of sulfone groups is 1. The molecule has 1 fully saturated rings. The normalized spacial score (nSPS) is 15.8. The first-order chi connectivity index (χ1) is 13.8. The maximum absolute atomic E-state index is 12.4. The molecule has 3 aromatic rings. The van der Waals surface area contributed by atoms with Crippen LogP contribution in [0.15, 0.2) is 35.4 Å². The third-order valence-corrected chi connectivity index (χ3v) is 7.56. The van der Waals surface area contributed by atoms with E-state index in [1.54, 1.807) is 23.6 Å². The van der Waals surface area contributed by atoms with E-state index in [2.05, 4.69) is 27.0 Å². The molecule has 1 saturated heterocycles. The molecule has 1 aliphatic rings. The molecule has 0 bridgehead atoms. The number of likely N-dealkylation sites (N-methyl/N-ethyl adjacent to an activating group) is 1. The Balaban J connectivity index is 1.71. The molecule has 0 spiro atoms. The summed E-state index contributed by atoms with van der Waals surface area (Å²) in [6.07, 6.45) is 3.73. The van der Waals surface area contributed by atoms with E-state index in [9.17, 15) is 8.42 Å². The van der Waals surface area contributed by atoms with Crippen molar-refractivity contribution >= 4 is 26.9 Å². The van der Waals surface area contributed by atoms with E-state index in [4.69, 9.17) is 4.98 Å². The van der Waals surface area contributed by atoms with Crippen molar-refractivity contribution in [2.45, 2.75) is 18.2 Å². The van der Waals surface area contributed by atoms with Gasteiger partial charge < -0.3 is 9.80 Å². The van der Waals surface area contributed by atoms with Crippen molar-refractivity contribution in [2.75, 3.05) is 44.4 Å². The Morgan fingerprint density at radius 3 is 2.59 bits per heavy atom. The van der Waals surface area contributed by atoms with Gasteiger partial charge in [-0.3, -0.25) is 5.10 Å².